The van der Waals surface area contributed by atoms with Gasteiger partial charge in [-0.15, -0.1) is 0 Å². The van der Waals surface area contributed by atoms with E-state index < -0.39 is 5.97 Å². The molecule has 0 radical (unpaired) electrons. The number of pyridine rings is 2. The Morgan fingerprint density at radius 3 is 2.70 bits per heavy atom. The van der Waals surface area contributed by atoms with Crippen molar-refractivity contribution in [2.75, 3.05) is 12.4 Å². The molecule has 0 saturated heterocycles. The van der Waals surface area contributed by atoms with Crippen LogP contribution in [0.4, 0.5) is 5.69 Å². The van der Waals surface area contributed by atoms with Gasteiger partial charge in [-0.2, -0.15) is 0 Å². The Hall–Kier alpha value is -3.71. The van der Waals surface area contributed by atoms with Crippen molar-refractivity contribution in [3.8, 4) is 11.3 Å². The first-order valence-electron chi connectivity index (χ1n) is 10.3. The van der Waals surface area contributed by atoms with E-state index in [0.29, 0.717) is 28.0 Å². The molecule has 0 spiro atoms. The minimum Gasteiger partial charge on any atom is -0.464 e. The van der Waals surface area contributed by atoms with Crippen LogP contribution in [0.25, 0.3) is 22.3 Å². The van der Waals surface area contributed by atoms with E-state index in [-0.39, 0.29) is 22.3 Å². The number of hydrogen-bond acceptors (Lipinski definition) is 7. The van der Waals surface area contributed by atoms with Crippen molar-refractivity contribution < 1.29 is 13.9 Å². The Morgan fingerprint density at radius 1 is 1.21 bits per heavy atom. The Labute approximate surface area is 195 Å². The van der Waals surface area contributed by atoms with Crippen LogP contribution in [-0.4, -0.2) is 23.0 Å². The third-order valence-corrected chi connectivity index (χ3v) is 5.60. The van der Waals surface area contributed by atoms with Crippen LogP contribution in [0.2, 0.25) is 5.15 Å². The summed E-state index contributed by atoms with van der Waals surface area (Å²) < 4.78 is 11.2. The fourth-order valence-electron chi connectivity index (χ4n) is 3.78. The monoisotopic (exact) mass is 463 g/mol. The van der Waals surface area contributed by atoms with Gasteiger partial charge in [-0.1, -0.05) is 17.7 Å². The van der Waals surface area contributed by atoms with Gasteiger partial charge in [-0.3, -0.25) is 9.78 Å². The molecule has 0 aliphatic rings. The van der Waals surface area contributed by atoms with Crippen LogP contribution in [0, 0.1) is 13.8 Å². The zero-order chi connectivity index (χ0) is 23.7. The first-order chi connectivity index (χ1) is 15.8. The van der Waals surface area contributed by atoms with Crippen molar-refractivity contribution in [3.63, 3.8) is 0 Å². The number of halogens is 1. The van der Waals surface area contributed by atoms with Crippen molar-refractivity contribution in [1.82, 2.24) is 9.97 Å². The van der Waals surface area contributed by atoms with Crippen LogP contribution in [0.3, 0.4) is 0 Å². The molecule has 7 nitrogen and oxygen atoms in total. The number of rotatable bonds is 5. The smallest absolute Gasteiger partial charge is 0.358 e. The average Bonchev–Trinajstić information content (AvgIpc) is 2.82. The normalized spacial score (nSPS) is 11.9. The molecule has 1 aromatic carbocycles. The maximum absolute atomic E-state index is 13.2. The highest BCUT2D eigenvalue weighted by molar-refractivity contribution is 6.29. The fourth-order valence-corrected chi connectivity index (χ4v) is 3.92. The standard InChI is InChI=1S/C25H22ClN3O4/c1-13-10-17(15(3)28-19-7-8-20(26)29-21(19)25(31)32-4)24-18(11-13)22(30)14(2)23(33-24)16-6-5-9-27-12-16/h5-12,15,28H,1-4H3/t15-/m1/s1. The van der Waals surface area contributed by atoms with Gasteiger partial charge in [0.15, 0.2) is 11.1 Å². The SMILES string of the molecule is COC(=O)c1nc(Cl)ccc1N[C@H](C)c1cc(C)cc2c(=O)c(C)c(-c3cccnc3)oc12. The van der Waals surface area contributed by atoms with E-state index in [1.165, 1.54) is 7.11 Å². The van der Waals surface area contributed by atoms with Gasteiger partial charge in [-0.05, 0) is 56.7 Å². The van der Waals surface area contributed by atoms with Gasteiger partial charge in [0.2, 0.25) is 0 Å². The number of carbonyl (C=O) groups is 1. The van der Waals surface area contributed by atoms with Crippen molar-refractivity contribution >= 4 is 34.2 Å². The summed E-state index contributed by atoms with van der Waals surface area (Å²) >= 11 is 5.98. The maximum Gasteiger partial charge on any atom is 0.358 e. The minimum atomic E-state index is -0.609. The van der Waals surface area contributed by atoms with Gasteiger partial charge in [0.25, 0.3) is 0 Å². The highest BCUT2D eigenvalue weighted by Gasteiger charge is 2.21. The predicted octanol–water partition coefficient (Wildman–Crippen LogP) is 5.48. The van der Waals surface area contributed by atoms with Gasteiger partial charge < -0.3 is 14.5 Å². The van der Waals surface area contributed by atoms with Crippen LogP contribution in [0.15, 0.2) is 58.0 Å². The lowest BCUT2D eigenvalue weighted by atomic mass is 9.99. The highest BCUT2D eigenvalue weighted by Crippen LogP contribution is 2.32. The topological polar surface area (TPSA) is 94.3 Å². The summed E-state index contributed by atoms with van der Waals surface area (Å²) in [7, 11) is 1.28. The average molecular weight is 464 g/mol. The number of nitrogens with one attached hydrogen (secondary N) is 1. The Morgan fingerprint density at radius 2 is 2.00 bits per heavy atom. The molecule has 0 aliphatic carbocycles. The molecule has 0 unspecified atom stereocenters. The van der Waals surface area contributed by atoms with Crippen LogP contribution in [0.1, 0.15) is 40.1 Å². The van der Waals surface area contributed by atoms with E-state index in [1.807, 2.05) is 32.0 Å². The molecule has 0 bridgehead atoms. The quantitative estimate of drug-likeness (QED) is 0.309. The third kappa shape index (κ3) is 4.32. The lowest BCUT2D eigenvalue weighted by Gasteiger charge is -2.20. The number of aromatic nitrogens is 2. The number of methoxy groups -OCH3 is 1. The molecule has 8 heteroatoms. The summed E-state index contributed by atoms with van der Waals surface area (Å²) in [6, 6.07) is 10.3. The number of fused-ring (bicyclic) bond motifs is 1. The predicted molar refractivity (Wildman–Crippen MR) is 128 cm³/mol. The number of hydrogen-bond donors (Lipinski definition) is 1. The van der Waals surface area contributed by atoms with Crippen molar-refractivity contribution in [2.24, 2.45) is 0 Å². The van der Waals surface area contributed by atoms with E-state index in [1.54, 1.807) is 37.5 Å². The third-order valence-electron chi connectivity index (χ3n) is 5.39. The number of anilines is 1. The molecule has 3 heterocycles. The molecule has 0 aliphatic heterocycles. The van der Waals surface area contributed by atoms with E-state index >= 15 is 0 Å². The number of ether oxygens (including phenoxy) is 1. The first kappa shape index (κ1) is 22.5. The summed E-state index contributed by atoms with van der Waals surface area (Å²) in [5.41, 5.74) is 3.80. The Bertz CT molecular complexity index is 1420. The van der Waals surface area contributed by atoms with E-state index in [4.69, 9.17) is 20.8 Å². The second-order valence-corrected chi connectivity index (χ2v) is 8.13. The molecule has 1 N–H and O–H groups in total. The van der Waals surface area contributed by atoms with Gasteiger partial charge in [0.05, 0.1) is 24.2 Å². The Kier molecular flexibility index (Phi) is 6.16. The molecular weight excluding hydrogens is 442 g/mol. The van der Waals surface area contributed by atoms with Crippen LogP contribution in [-0.2, 0) is 4.74 Å². The van der Waals surface area contributed by atoms with Gasteiger partial charge in [0, 0.05) is 29.1 Å². The largest absolute Gasteiger partial charge is 0.464 e. The number of aryl methyl sites for hydroxylation is 1. The molecular formula is C25H22ClN3O4. The molecule has 3 aromatic heterocycles. The summed E-state index contributed by atoms with van der Waals surface area (Å²) in [6.45, 7) is 5.58. The number of nitrogens with zero attached hydrogens (tertiary/aromatic N) is 2. The summed E-state index contributed by atoms with van der Waals surface area (Å²) in [4.78, 5) is 33.7. The number of carbonyl (C=O) groups excluding carboxylic acids is 1. The van der Waals surface area contributed by atoms with Gasteiger partial charge >= 0.3 is 5.97 Å². The zero-order valence-corrected chi connectivity index (χ0v) is 19.4. The number of benzene rings is 1. The molecule has 0 fully saturated rings. The zero-order valence-electron chi connectivity index (χ0n) is 18.6. The lowest BCUT2D eigenvalue weighted by molar-refractivity contribution is 0.0595. The molecule has 1 atom stereocenters. The second-order valence-electron chi connectivity index (χ2n) is 7.75. The highest BCUT2D eigenvalue weighted by atomic mass is 35.5. The summed E-state index contributed by atoms with van der Waals surface area (Å²) in [5.74, 6) is -0.136. The Balaban J connectivity index is 1.87. The first-order valence-corrected chi connectivity index (χ1v) is 10.7. The van der Waals surface area contributed by atoms with E-state index in [9.17, 15) is 9.59 Å². The van der Waals surface area contributed by atoms with Crippen LogP contribution < -0.4 is 10.7 Å². The molecule has 33 heavy (non-hydrogen) atoms. The second kappa shape index (κ2) is 9.03. The summed E-state index contributed by atoms with van der Waals surface area (Å²) in [5, 5.41) is 3.96. The van der Waals surface area contributed by atoms with Crippen molar-refractivity contribution in [2.45, 2.75) is 26.8 Å². The molecule has 0 amide bonds. The van der Waals surface area contributed by atoms with Crippen LogP contribution >= 0.6 is 11.6 Å². The minimum absolute atomic E-state index is 0.0714. The lowest BCUT2D eigenvalue weighted by Crippen LogP contribution is -2.15. The van der Waals surface area contributed by atoms with Gasteiger partial charge in [-0.25, -0.2) is 9.78 Å². The summed E-state index contributed by atoms with van der Waals surface area (Å²) in [6.07, 6.45) is 3.33. The van der Waals surface area contributed by atoms with Crippen LogP contribution in [0.5, 0.6) is 0 Å². The van der Waals surface area contributed by atoms with E-state index in [2.05, 4.69) is 15.3 Å². The molecule has 4 aromatic rings. The van der Waals surface area contributed by atoms with E-state index in [0.717, 1.165) is 16.7 Å². The fraction of sp³-hybridized carbons (Fsp3) is 0.200. The van der Waals surface area contributed by atoms with Gasteiger partial charge in [0.1, 0.15) is 16.5 Å². The molecule has 4 rings (SSSR count). The number of esters is 1. The molecule has 0 saturated carbocycles. The maximum atomic E-state index is 13.2. The molecule has 168 valence electrons. The van der Waals surface area contributed by atoms with Crippen molar-refractivity contribution in [3.05, 3.63) is 86.6 Å². The van der Waals surface area contributed by atoms with Crippen molar-refractivity contribution in [1.29, 1.82) is 0 Å².